The molecule has 1 unspecified atom stereocenters. The van der Waals surface area contributed by atoms with Crippen molar-refractivity contribution in [1.29, 1.82) is 0 Å². The molecule has 0 saturated heterocycles. The van der Waals surface area contributed by atoms with Gasteiger partial charge in [0.2, 0.25) is 5.13 Å². The van der Waals surface area contributed by atoms with Crippen LogP contribution >= 0.6 is 11.3 Å². The normalized spacial score (nSPS) is 18.1. The topological polar surface area (TPSA) is 47.0 Å². The van der Waals surface area contributed by atoms with Gasteiger partial charge in [-0.3, -0.25) is 0 Å². The Morgan fingerprint density at radius 2 is 2.26 bits per heavy atom. The molecule has 2 aromatic rings. The van der Waals surface area contributed by atoms with Gasteiger partial charge < -0.3 is 10.1 Å². The van der Waals surface area contributed by atoms with E-state index in [4.69, 9.17) is 4.74 Å². The number of aryl methyl sites for hydroxylation is 1. The number of ether oxygens (including phenoxy) is 1. The fourth-order valence-electron chi connectivity index (χ4n) is 2.47. The van der Waals surface area contributed by atoms with Crippen LogP contribution in [0.2, 0.25) is 0 Å². The average Bonchev–Trinajstić information content (AvgIpc) is 2.93. The van der Waals surface area contributed by atoms with E-state index < -0.39 is 0 Å². The molecule has 4 nitrogen and oxygen atoms in total. The quantitative estimate of drug-likeness (QED) is 0.931. The van der Waals surface area contributed by atoms with Gasteiger partial charge in [0.25, 0.3) is 0 Å². The molecule has 0 fully saturated rings. The van der Waals surface area contributed by atoms with Crippen molar-refractivity contribution in [3.63, 3.8) is 0 Å². The number of hydrogen-bond donors (Lipinski definition) is 1. The van der Waals surface area contributed by atoms with E-state index in [1.807, 2.05) is 7.05 Å². The van der Waals surface area contributed by atoms with E-state index in [9.17, 15) is 0 Å². The second kappa shape index (κ2) is 5.67. The predicted molar refractivity (Wildman–Crippen MR) is 76.4 cm³/mol. The first-order chi connectivity index (χ1) is 9.36. The van der Waals surface area contributed by atoms with Crippen molar-refractivity contribution in [2.24, 2.45) is 0 Å². The molecule has 1 heterocycles. The minimum atomic E-state index is 0.201. The smallest absolute Gasteiger partial charge is 0.205 e. The summed E-state index contributed by atoms with van der Waals surface area (Å²) in [5.74, 6) is 0. The highest BCUT2D eigenvalue weighted by Crippen LogP contribution is 2.33. The van der Waals surface area contributed by atoms with Crippen molar-refractivity contribution in [2.75, 3.05) is 12.4 Å². The maximum atomic E-state index is 6.03. The first kappa shape index (κ1) is 12.6. The zero-order valence-electron chi connectivity index (χ0n) is 10.9. The van der Waals surface area contributed by atoms with E-state index in [2.05, 4.69) is 39.8 Å². The monoisotopic (exact) mass is 275 g/mol. The van der Waals surface area contributed by atoms with Crippen LogP contribution in [-0.4, -0.2) is 17.2 Å². The fourth-order valence-corrected chi connectivity index (χ4v) is 3.08. The highest BCUT2D eigenvalue weighted by atomic mass is 32.1. The highest BCUT2D eigenvalue weighted by molar-refractivity contribution is 7.15. The zero-order chi connectivity index (χ0) is 13.1. The van der Waals surface area contributed by atoms with Crippen LogP contribution in [-0.2, 0) is 17.8 Å². The second-order valence-electron chi connectivity index (χ2n) is 4.64. The summed E-state index contributed by atoms with van der Waals surface area (Å²) in [4.78, 5) is 0. The molecule has 0 saturated carbocycles. The summed E-state index contributed by atoms with van der Waals surface area (Å²) in [6.45, 7) is 0.540. The summed E-state index contributed by atoms with van der Waals surface area (Å²) in [5, 5.41) is 12.9. The number of anilines is 1. The minimum absolute atomic E-state index is 0.201. The zero-order valence-corrected chi connectivity index (χ0v) is 11.7. The molecule has 0 spiro atoms. The highest BCUT2D eigenvalue weighted by Gasteiger charge is 2.20. The lowest BCUT2D eigenvalue weighted by Crippen LogP contribution is -2.12. The van der Waals surface area contributed by atoms with Crippen LogP contribution in [0.4, 0.5) is 5.13 Å². The van der Waals surface area contributed by atoms with Crippen LogP contribution in [0.5, 0.6) is 0 Å². The Labute approximate surface area is 116 Å². The Balaban J connectivity index is 1.68. The molecule has 0 aliphatic heterocycles. The van der Waals surface area contributed by atoms with Crippen LogP contribution in [0.25, 0.3) is 0 Å². The molecule has 1 N–H and O–H groups in total. The number of benzene rings is 1. The van der Waals surface area contributed by atoms with Crippen LogP contribution in [0.15, 0.2) is 24.3 Å². The summed E-state index contributed by atoms with van der Waals surface area (Å²) in [6, 6.07) is 8.57. The molecule has 0 bridgehead atoms. The molecular formula is C14H17N3OS. The van der Waals surface area contributed by atoms with Gasteiger partial charge in [0.15, 0.2) is 0 Å². The van der Waals surface area contributed by atoms with Crippen molar-refractivity contribution in [1.82, 2.24) is 10.2 Å². The van der Waals surface area contributed by atoms with Gasteiger partial charge in [0.1, 0.15) is 11.6 Å². The molecule has 1 aromatic heterocycles. The van der Waals surface area contributed by atoms with Crippen LogP contribution in [0.1, 0.15) is 35.1 Å². The molecule has 1 atom stereocenters. The predicted octanol–water partition coefficient (Wildman–Crippen LogP) is 3.17. The third-order valence-corrected chi connectivity index (χ3v) is 4.32. The van der Waals surface area contributed by atoms with E-state index in [1.54, 1.807) is 11.3 Å². The van der Waals surface area contributed by atoms with Crippen LogP contribution in [0.3, 0.4) is 0 Å². The molecule has 100 valence electrons. The summed E-state index contributed by atoms with van der Waals surface area (Å²) < 4.78 is 6.03. The Morgan fingerprint density at radius 3 is 3.11 bits per heavy atom. The standard InChI is InChI=1S/C14H17N3OS/c1-15-14-17-16-13(19-14)9-18-12-8-4-6-10-5-2-3-7-11(10)12/h2-3,5,7,12H,4,6,8-9H2,1H3,(H,15,17). The SMILES string of the molecule is CNc1nnc(COC2CCCc3ccccc32)s1. The Morgan fingerprint density at radius 1 is 1.37 bits per heavy atom. The number of rotatable bonds is 4. The third kappa shape index (κ3) is 2.77. The molecular weight excluding hydrogens is 258 g/mol. The van der Waals surface area contributed by atoms with Gasteiger partial charge in [-0.15, -0.1) is 10.2 Å². The van der Waals surface area contributed by atoms with E-state index >= 15 is 0 Å². The molecule has 1 aliphatic rings. The number of aromatic nitrogens is 2. The van der Waals surface area contributed by atoms with Gasteiger partial charge >= 0.3 is 0 Å². The lowest BCUT2D eigenvalue weighted by atomic mass is 9.89. The van der Waals surface area contributed by atoms with Gasteiger partial charge in [0, 0.05) is 7.05 Å². The first-order valence-electron chi connectivity index (χ1n) is 6.56. The van der Waals surface area contributed by atoms with Crippen LogP contribution in [0, 0.1) is 0 Å². The molecule has 3 rings (SSSR count). The number of nitrogens with zero attached hydrogens (tertiary/aromatic N) is 2. The molecule has 0 radical (unpaired) electrons. The molecule has 5 heteroatoms. The number of fused-ring (bicyclic) bond motifs is 1. The number of hydrogen-bond acceptors (Lipinski definition) is 5. The summed E-state index contributed by atoms with van der Waals surface area (Å²) in [6.07, 6.45) is 3.65. The molecule has 19 heavy (non-hydrogen) atoms. The largest absolute Gasteiger partial charge is 0.366 e. The van der Waals surface area contributed by atoms with Crippen LogP contribution < -0.4 is 5.32 Å². The summed E-state index contributed by atoms with van der Waals surface area (Å²) >= 11 is 1.54. The number of nitrogens with one attached hydrogen (secondary N) is 1. The third-order valence-electron chi connectivity index (χ3n) is 3.40. The van der Waals surface area contributed by atoms with Gasteiger partial charge in [-0.1, -0.05) is 35.6 Å². The lowest BCUT2D eigenvalue weighted by Gasteiger charge is -2.25. The molecule has 0 amide bonds. The maximum Gasteiger partial charge on any atom is 0.205 e. The van der Waals surface area contributed by atoms with E-state index in [0.29, 0.717) is 6.61 Å². The Hall–Kier alpha value is -1.46. The summed E-state index contributed by atoms with van der Waals surface area (Å²) in [7, 11) is 1.85. The van der Waals surface area contributed by atoms with Crippen molar-refractivity contribution in [3.05, 3.63) is 40.4 Å². The van der Waals surface area contributed by atoms with Crippen molar-refractivity contribution >= 4 is 16.5 Å². The van der Waals surface area contributed by atoms with Gasteiger partial charge in [-0.2, -0.15) is 0 Å². The Bertz CT molecular complexity index is 555. The van der Waals surface area contributed by atoms with Crippen molar-refractivity contribution in [3.8, 4) is 0 Å². The van der Waals surface area contributed by atoms with Crippen molar-refractivity contribution < 1.29 is 4.74 Å². The van der Waals surface area contributed by atoms with Gasteiger partial charge in [0.05, 0.1) is 6.10 Å². The minimum Gasteiger partial charge on any atom is -0.366 e. The lowest BCUT2D eigenvalue weighted by molar-refractivity contribution is 0.0279. The fraction of sp³-hybridized carbons (Fsp3) is 0.429. The first-order valence-corrected chi connectivity index (χ1v) is 7.38. The Kier molecular flexibility index (Phi) is 3.75. The van der Waals surface area contributed by atoms with Crippen molar-refractivity contribution in [2.45, 2.75) is 32.0 Å². The molecule has 1 aliphatic carbocycles. The van der Waals surface area contributed by atoms with Gasteiger partial charge in [-0.05, 0) is 30.4 Å². The van der Waals surface area contributed by atoms with E-state index in [1.165, 1.54) is 24.0 Å². The van der Waals surface area contributed by atoms with E-state index in [-0.39, 0.29) is 6.10 Å². The van der Waals surface area contributed by atoms with Gasteiger partial charge in [-0.25, -0.2) is 0 Å². The molecule has 1 aromatic carbocycles. The average molecular weight is 275 g/mol. The van der Waals surface area contributed by atoms with E-state index in [0.717, 1.165) is 16.6 Å². The second-order valence-corrected chi connectivity index (χ2v) is 5.70. The summed E-state index contributed by atoms with van der Waals surface area (Å²) in [5.41, 5.74) is 2.76. The maximum absolute atomic E-state index is 6.03.